The summed E-state index contributed by atoms with van der Waals surface area (Å²) >= 11 is 3.09. The third kappa shape index (κ3) is 1.95. The van der Waals surface area contributed by atoms with Crippen molar-refractivity contribution in [1.82, 2.24) is 0 Å². The lowest BCUT2D eigenvalue weighted by molar-refractivity contribution is 0.270. The Morgan fingerprint density at radius 1 is 1.50 bits per heavy atom. The molecule has 0 unspecified atom stereocenters. The predicted molar refractivity (Wildman–Crippen MR) is 49.5 cm³/mol. The van der Waals surface area contributed by atoms with Crippen molar-refractivity contribution in [3.8, 4) is 0 Å². The van der Waals surface area contributed by atoms with Gasteiger partial charge in [-0.3, -0.25) is 10.3 Å². The molecular weight excluding hydrogens is 225 g/mol. The van der Waals surface area contributed by atoms with E-state index in [9.17, 15) is 4.39 Å². The van der Waals surface area contributed by atoms with Crippen molar-refractivity contribution in [2.45, 2.75) is 6.92 Å². The van der Waals surface area contributed by atoms with Crippen LogP contribution in [0.15, 0.2) is 16.6 Å². The van der Waals surface area contributed by atoms with E-state index in [2.05, 4.69) is 26.2 Å². The quantitative estimate of drug-likeness (QED) is 0.794. The minimum atomic E-state index is -0.305. The van der Waals surface area contributed by atoms with Crippen LogP contribution in [0.4, 0.5) is 10.1 Å². The zero-order chi connectivity index (χ0) is 9.14. The summed E-state index contributed by atoms with van der Waals surface area (Å²) in [6.07, 6.45) is 0. The third-order valence-electron chi connectivity index (χ3n) is 1.48. The monoisotopic (exact) mass is 233 g/mol. The highest BCUT2D eigenvalue weighted by molar-refractivity contribution is 9.10. The van der Waals surface area contributed by atoms with Crippen LogP contribution in [-0.2, 0) is 4.84 Å². The van der Waals surface area contributed by atoms with Crippen molar-refractivity contribution in [3.05, 3.63) is 28.0 Å². The lowest BCUT2D eigenvalue weighted by atomic mass is 10.2. The Bertz CT molecular complexity index is 291. The minimum absolute atomic E-state index is 0.305. The second kappa shape index (κ2) is 3.87. The summed E-state index contributed by atoms with van der Waals surface area (Å²) in [6, 6.07) is 3.07. The first-order chi connectivity index (χ1) is 5.65. The number of hydrogen-bond acceptors (Lipinski definition) is 2. The second-order valence-corrected chi connectivity index (χ2v) is 3.24. The molecule has 0 aliphatic rings. The van der Waals surface area contributed by atoms with Crippen molar-refractivity contribution >= 4 is 21.6 Å². The largest absolute Gasteiger partial charge is 0.279 e. The number of nitrogens with one attached hydrogen (secondary N) is 1. The van der Waals surface area contributed by atoms with Gasteiger partial charge >= 0.3 is 0 Å². The van der Waals surface area contributed by atoms with Gasteiger partial charge in [0.1, 0.15) is 5.82 Å². The molecule has 0 heterocycles. The molecule has 1 aromatic rings. The van der Waals surface area contributed by atoms with Gasteiger partial charge in [-0.25, -0.2) is 4.39 Å². The maximum atomic E-state index is 12.9. The van der Waals surface area contributed by atoms with Gasteiger partial charge in [-0.05, 0) is 34.5 Å². The van der Waals surface area contributed by atoms with Gasteiger partial charge in [-0.1, -0.05) is 0 Å². The van der Waals surface area contributed by atoms with E-state index in [-0.39, 0.29) is 5.82 Å². The number of benzene rings is 1. The highest BCUT2D eigenvalue weighted by atomic mass is 79.9. The van der Waals surface area contributed by atoms with E-state index in [0.717, 1.165) is 5.56 Å². The molecule has 0 bridgehead atoms. The average molecular weight is 234 g/mol. The Balaban J connectivity index is 3.05. The van der Waals surface area contributed by atoms with E-state index in [1.807, 2.05) is 6.92 Å². The molecule has 1 aromatic carbocycles. The zero-order valence-electron chi connectivity index (χ0n) is 6.82. The highest BCUT2D eigenvalue weighted by Crippen LogP contribution is 2.23. The van der Waals surface area contributed by atoms with Crippen molar-refractivity contribution < 1.29 is 9.23 Å². The fraction of sp³-hybridized carbons (Fsp3) is 0.250. The van der Waals surface area contributed by atoms with Gasteiger partial charge in [-0.2, -0.15) is 0 Å². The molecule has 0 aliphatic carbocycles. The molecule has 1 rings (SSSR count). The molecule has 0 aliphatic heterocycles. The van der Waals surface area contributed by atoms with E-state index >= 15 is 0 Å². The lowest BCUT2D eigenvalue weighted by Gasteiger charge is -2.07. The first kappa shape index (κ1) is 9.48. The van der Waals surface area contributed by atoms with Gasteiger partial charge < -0.3 is 0 Å². The summed E-state index contributed by atoms with van der Waals surface area (Å²) in [4.78, 5) is 4.67. The van der Waals surface area contributed by atoms with E-state index < -0.39 is 0 Å². The summed E-state index contributed by atoms with van der Waals surface area (Å²) in [5, 5.41) is 0. The number of anilines is 1. The molecule has 0 saturated heterocycles. The molecule has 0 aromatic heterocycles. The molecule has 0 fully saturated rings. The van der Waals surface area contributed by atoms with Crippen LogP contribution < -0.4 is 5.48 Å². The summed E-state index contributed by atoms with van der Waals surface area (Å²) in [6.45, 7) is 1.87. The number of rotatable bonds is 2. The van der Waals surface area contributed by atoms with Gasteiger partial charge in [0.25, 0.3) is 0 Å². The van der Waals surface area contributed by atoms with Gasteiger partial charge in [0.15, 0.2) is 0 Å². The van der Waals surface area contributed by atoms with Crippen molar-refractivity contribution in [2.24, 2.45) is 0 Å². The first-order valence-corrected chi connectivity index (χ1v) is 4.19. The predicted octanol–water partition coefficient (Wildman–Crippen LogP) is 2.87. The van der Waals surface area contributed by atoms with E-state index in [1.54, 1.807) is 6.07 Å². The fourth-order valence-corrected chi connectivity index (χ4v) is 1.32. The Labute approximate surface area is 78.8 Å². The summed E-state index contributed by atoms with van der Waals surface area (Å²) in [5.74, 6) is -0.305. The molecule has 1 N–H and O–H groups in total. The maximum absolute atomic E-state index is 12.9. The molecule has 12 heavy (non-hydrogen) atoms. The van der Waals surface area contributed by atoms with E-state index in [1.165, 1.54) is 13.2 Å². The molecule has 66 valence electrons. The van der Waals surface area contributed by atoms with Crippen LogP contribution in [0.1, 0.15) is 5.56 Å². The number of aryl methyl sites for hydroxylation is 1. The lowest BCUT2D eigenvalue weighted by Crippen LogP contribution is -1.98. The van der Waals surface area contributed by atoms with Crippen molar-refractivity contribution in [1.29, 1.82) is 0 Å². The standard InChI is InChI=1S/C8H9BrFNO/c1-5-3-6(9)7(10)4-8(5)11-12-2/h3-4,11H,1-2H3. The van der Waals surface area contributed by atoms with Gasteiger partial charge in [0.2, 0.25) is 0 Å². The topological polar surface area (TPSA) is 21.3 Å². The summed E-state index contributed by atoms with van der Waals surface area (Å²) < 4.78 is 13.4. The van der Waals surface area contributed by atoms with Gasteiger partial charge in [0, 0.05) is 6.07 Å². The molecule has 2 nitrogen and oxygen atoms in total. The molecule has 4 heteroatoms. The fourth-order valence-electron chi connectivity index (χ4n) is 0.866. The van der Waals surface area contributed by atoms with Crippen LogP contribution in [0.2, 0.25) is 0 Å². The Hall–Kier alpha value is -0.610. The first-order valence-electron chi connectivity index (χ1n) is 3.40. The zero-order valence-corrected chi connectivity index (χ0v) is 8.40. The normalized spacial score (nSPS) is 10.0. The van der Waals surface area contributed by atoms with Gasteiger partial charge in [-0.15, -0.1) is 0 Å². The summed E-state index contributed by atoms with van der Waals surface area (Å²) in [7, 11) is 1.49. The SMILES string of the molecule is CONc1cc(F)c(Br)cc1C. The van der Waals surface area contributed by atoms with Crippen molar-refractivity contribution in [2.75, 3.05) is 12.6 Å². The van der Waals surface area contributed by atoms with Crippen LogP contribution >= 0.6 is 15.9 Å². The Morgan fingerprint density at radius 3 is 2.75 bits per heavy atom. The molecule has 0 radical (unpaired) electrons. The molecule has 0 atom stereocenters. The van der Waals surface area contributed by atoms with Crippen LogP contribution in [0.5, 0.6) is 0 Å². The molecule has 0 amide bonds. The minimum Gasteiger partial charge on any atom is -0.279 e. The van der Waals surface area contributed by atoms with Crippen LogP contribution in [0, 0.1) is 12.7 Å². The number of halogens is 2. The smallest absolute Gasteiger partial charge is 0.139 e. The van der Waals surface area contributed by atoms with Crippen molar-refractivity contribution in [3.63, 3.8) is 0 Å². The maximum Gasteiger partial charge on any atom is 0.139 e. The van der Waals surface area contributed by atoms with E-state index in [0.29, 0.717) is 10.2 Å². The van der Waals surface area contributed by atoms with Crippen LogP contribution in [-0.4, -0.2) is 7.11 Å². The summed E-state index contributed by atoms with van der Waals surface area (Å²) in [5.41, 5.74) is 4.14. The van der Waals surface area contributed by atoms with Crippen LogP contribution in [0.25, 0.3) is 0 Å². The Morgan fingerprint density at radius 2 is 2.17 bits per heavy atom. The average Bonchev–Trinajstić information content (AvgIpc) is 2.01. The Kier molecular flexibility index (Phi) is 3.05. The van der Waals surface area contributed by atoms with Crippen LogP contribution in [0.3, 0.4) is 0 Å². The molecule has 0 saturated carbocycles. The second-order valence-electron chi connectivity index (χ2n) is 2.39. The van der Waals surface area contributed by atoms with E-state index in [4.69, 9.17) is 0 Å². The number of hydrogen-bond donors (Lipinski definition) is 1. The molecular formula is C8H9BrFNO. The third-order valence-corrected chi connectivity index (χ3v) is 2.09. The molecule has 0 spiro atoms. The van der Waals surface area contributed by atoms with Gasteiger partial charge in [0.05, 0.1) is 17.3 Å². The highest BCUT2D eigenvalue weighted by Gasteiger charge is 2.03.